The van der Waals surface area contributed by atoms with Crippen molar-refractivity contribution in [2.45, 2.75) is 33.4 Å². The molecular formula is C26H28N2O4. The molecular weight excluding hydrogens is 404 g/mol. The molecule has 6 nitrogen and oxygen atoms in total. The van der Waals surface area contributed by atoms with E-state index >= 15 is 0 Å². The third-order valence-electron chi connectivity index (χ3n) is 4.93. The molecule has 32 heavy (non-hydrogen) atoms. The molecule has 0 heterocycles. The van der Waals surface area contributed by atoms with E-state index in [1.54, 1.807) is 12.1 Å². The van der Waals surface area contributed by atoms with Gasteiger partial charge in [-0.3, -0.25) is 10.1 Å². The minimum atomic E-state index is -0.413. The molecule has 0 aromatic heterocycles. The first-order chi connectivity index (χ1) is 15.5. The molecule has 0 amide bonds. The highest BCUT2D eigenvalue weighted by atomic mass is 16.6. The third-order valence-corrected chi connectivity index (χ3v) is 4.93. The summed E-state index contributed by atoms with van der Waals surface area (Å²) < 4.78 is 12.0. The van der Waals surface area contributed by atoms with Gasteiger partial charge in [0.2, 0.25) is 0 Å². The molecule has 0 aliphatic carbocycles. The number of benzene rings is 3. The molecule has 0 fully saturated rings. The van der Waals surface area contributed by atoms with E-state index in [0.717, 1.165) is 22.4 Å². The summed E-state index contributed by atoms with van der Waals surface area (Å²) in [6.07, 6.45) is 2.47. The van der Waals surface area contributed by atoms with Crippen molar-refractivity contribution in [2.24, 2.45) is 0 Å². The Morgan fingerprint density at radius 3 is 2.38 bits per heavy atom. The summed E-state index contributed by atoms with van der Waals surface area (Å²) in [5.41, 5.74) is 5.23. The zero-order chi connectivity index (χ0) is 22.9. The summed E-state index contributed by atoms with van der Waals surface area (Å²) in [5, 5.41) is 14.3. The van der Waals surface area contributed by atoms with Crippen LogP contribution in [0.5, 0.6) is 11.5 Å². The Balaban J connectivity index is 1.80. The van der Waals surface area contributed by atoms with E-state index in [9.17, 15) is 10.1 Å². The van der Waals surface area contributed by atoms with Crippen LogP contribution in [-0.2, 0) is 19.6 Å². The minimum absolute atomic E-state index is 0.0570. The number of non-ortho nitro benzene ring substituents is 1. The van der Waals surface area contributed by atoms with Gasteiger partial charge < -0.3 is 14.8 Å². The summed E-state index contributed by atoms with van der Waals surface area (Å²) in [4.78, 5) is 10.4. The number of nitro benzene ring substituents is 1. The summed E-state index contributed by atoms with van der Waals surface area (Å²) >= 11 is 0. The van der Waals surface area contributed by atoms with Gasteiger partial charge in [-0.2, -0.15) is 0 Å². The lowest BCUT2D eigenvalue weighted by molar-refractivity contribution is -0.384. The first-order valence-corrected chi connectivity index (χ1v) is 10.6. The number of nitro groups is 1. The molecule has 3 rings (SSSR count). The summed E-state index contributed by atoms with van der Waals surface area (Å²) in [5.74, 6) is 1.35. The highest BCUT2D eigenvalue weighted by Gasteiger charge is 2.14. The lowest BCUT2D eigenvalue weighted by atomic mass is 10.0. The van der Waals surface area contributed by atoms with Gasteiger partial charge in [-0.15, -0.1) is 6.58 Å². The van der Waals surface area contributed by atoms with Crippen LogP contribution in [0.4, 0.5) is 11.4 Å². The number of nitrogens with one attached hydrogen (secondary N) is 1. The Morgan fingerprint density at radius 1 is 1.03 bits per heavy atom. The van der Waals surface area contributed by atoms with Gasteiger partial charge >= 0.3 is 0 Å². The highest BCUT2D eigenvalue weighted by molar-refractivity contribution is 5.52. The monoisotopic (exact) mass is 432 g/mol. The summed E-state index contributed by atoms with van der Waals surface area (Å²) in [7, 11) is 0. The van der Waals surface area contributed by atoms with Crippen LogP contribution in [0, 0.1) is 17.0 Å². The fourth-order valence-corrected chi connectivity index (χ4v) is 3.30. The zero-order valence-corrected chi connectivity index (χ0v) is 18.5. The van der Waals surface area contributed by atoms with Crippen LogP contribution in [0.15, 0.2) is 73.3 Å². The van der Waals surface area contributed by atoms with Gasteiger partial charge in [0, 0.05) is 29.9 Å². The summed E-state index contributed by atoms with van der Waals surface area (Å²) in [6.45, 7) is 9.31. The van der Waals surface area contributed by atoms with Crippen LogP contribution in [-0.4, -0.2) is 11.5 Å². The summed E-state index contributed by atoms with van der Waals surface area (Å²) in [6, 6.07) is 18.7. The van der Waals surface area contributed by atoms with Crippen LogP contribution in [0.1, 0.15) is 29.2 Å². The van der Waals surface area contributed by atoms with E-state index in [0.29, 0.717) is 31.1 Å². The molecule has 1 N–H and O–H groups in total. The van der Waals surface area contributed by atoms with Crippen molar-refractivity contribution in [2.75, 3.05) is 11.9 Å². The molecule has 6 heteroatoms. The molecule has 0 atom stereocenters. The molecule has 166 valence electrons. The molecule has 3 aromatic rings. The Bertz CT molecular complexity index is 1060. The fraction of sp³-hybridized carbons (Fsp3) is 0.231. The van der Waals surface area contributed by atoms with Crippen LogP contribution in [0.2, 0.25) is 0 Å². The van der Waals surface area contributed by atoms with E-state index in [-0.39, 0.29) is 12.3 Å². The normalized spacial score (nSPS) is 10.4. The number of rotatable bonds is 11. The number of ether oxygens (including phenoxy) is 2. The second kappa shape index (κ2) is 11.0. The number of aryl methyl sites for hydroxylation is 1. The number of allylic oxidation sites excluding steroid dienone is 1. The molecule has 0 saturated heterocycles. The van der Waals surface area contributed by atoms with Crippen molar-refractivity contribution in [1.29, 1.82) is 0 Å². The third kappa shape index (κ3) is 6.11. The zero-order valence-electron chi connectivity index (χ0n) is 18.5. The van der Waals surface area contributed by atoms with Gasteiger partial charge in [0.25, 0.3) is 5.69 Å². The maximum atomic E-state index is 10.9. The standard InChI is InChI=1S/C26H28N2O4/c1-4-6-22-15-21(17-27-23-11-7-19(3)8-12-23)16-25(31-5-2)26(22)32-18-20-9-13-24(14-10-20)28(29)30/h4,7-16,27H,1,5-6,17-18H2,2-3H3. The molecule has 3 aromatic carbocycles. The maximum absolute atomic E-state index is 10.9. The first kappa shape index (κ1) is 22.9. The molecule has 0 aliphatic rings. The van der Waals surface area contributed by atoms with Crippen molar-refractivity contribution < 1.29 is 14.4 Å². The number of hydrogen-bond acceptors (Lipinski definition) is 5. The average molecular weight is 433 g/mol. The van der Waals surface area contributed by atoms with E-state index in [2.05, 4.69) is 49.2 Å². The van der Waals surface area contributed by atoms with Gasteiger partial charge in [-0.25, -0.2) is 0 Å². The van der Waals surface area contributed by atoms with Crippen molar-refractivity contribution >= 4 is 11.4 Å². The Labute approximate surface area is 188 Å². The van der Waals surface area contributed by atoms with Crippen molar-refractivity contribution in [3.05, 3.63) is 106 Å². The van der Waals surface area contributed by atoms with Gasteiger partial charge in [-0.1, -0.05) is 23.8 Å². The van der Waals surface area contributed by atoms with E-state index in [1.165, 1.54) is 17.7 Å². The average Bonchev–Trinajstić information content (AvgIpc) is 2.79. The van der Waals surface area contributed by atoms with Gasteiger partial charge in [0.05, 0.1) is 11.5 Å². The van der Waals surface area contributed by atoms with Crippen molar-refractivity contribution in [3.8, 4) is 11.5 Å². The highest BCUT2D eigenvalue weighted by Crippen LogP contribution is 2.35. The van der Waals surface area contributed by atoms with Crippen molar-refractivity contribution in [1.82, 2.24) is 0 Å². The van der Waals surface area contributed by atoms with Crippen LogP contribution in [0.3, 0.4) is 0 Å². The second-order valence-electron chi connectivity index (χ2n) is 7.44. The maximum Gasteiger partial charge on any atom is 0.269 e. The van der Waals surface area contributed by atoms with E-state index in [1.807, 2.05) is 19.1 Å². The topological polar surface area (TPSA) is 73.6 Å². The molecule has 0 bridgehead atoms. The molecule has 0 spiro atoms. The first-order valence-electron chi connectivity index (χ1n) is 10.6. The number of hydrogen-bond donors (Lipinski definition) is 1. The molecule has 0 radical (unpaired) electrons. The van der Waals surface area contributed by atoms with Crippen LogP contribution in [0.25, 0.3) is 0 Å². The second-order valence-corrected chi connectivity index (χ2v) is 7.44. The largest absolute Gasteiger partial charge is 0.490 e. The fourth-order valence-electron chi connectivity index (χ4n) is 3.30. The van der Waals surface area contributed by atoms with Crippen molar-refractivity contribution in [3.63, 3.8) is 0 Å². The molecule has 0 saturated carbocycles. The SMILES string of the molecule is C=CCc1cc(CNc2ccc(C)cc2)cc(OCC)c1OCc1ccc([N+](=O)[O-])cc1. The smallest absolute Gasteiger partial charge is 0.269 e. The number of anilines is 1. The Kier molecular flexibility index (Phi) is 7.86. The quantitative estimate of drug-likeness (QED) is 0.221. The number of nitrogens with zero attached hydrogens (tertiary/aromatic N) is 1. The predicted octanol–water partition coefficient (Wildman–Crippen LogP) is 6.22. The van der Waals surface area contributed by atoms with Gasteiger partial charge in [0.15, 0.2) is 11.5 Å². The van der Waals surface area contributed by atoms with E-state index < -0.39 is 4.92 Å². The molecule has 0 aliphatic heterocycles. The van der Waals surface area contributed by atoms with Crippen LogP contribution < -0.4 is 14.8 Å². The Morgan fingerprint density at radius 2 is 1.75 bits per heavy atom. The minimum Gasteiger partial charge on any atom is -0.490 e. The van der Waals surface area contributed by atoms with Gasteiger partial charge in [-0.05, 0) is 67.8 Å². The lowest BCUT2D eigenvalue weighted by Crippen LogP contribution is -2.06. The Hall–Kier alpha value is -3.80. The van der Waals surface area contributed by atoms with Crippen LogP contribution >= 0.6 is 0 Å². The lowest BCUT2D eigenvalue weighted by Gasteiger charge is -2.18. The molecule has 0 unspecified atom stereocenters. The van der Waals surface area contributed by atoms with Gasteiger partial charge in [0.1, 0.15) is 6.61 Å². The van der Waals surface area contributed by atoms with E-state index in [4.69, 9.17) is 9.47 Å². The predicted molar refractivity (Wildman–Crippen MR) is 127 cm³/mol.